The molecule has 576 valence electrons. The number of carbonyl (C=O) groups excluding carboxylic acids is 13. The Morgan fingerprint density at radius 3 is 1.08 bits per heavy atom. The quantitative estimate of drug-likeness (QED) is 0.0358. The molecule has 0 spiro atoms. The lowest BCUT2D eigenvalue weighted by Crippen LogP contribution is -2.61. The number of amides is 13. The van der Waals surface area contributed by atoms with Crippen LogP contribution in [0, 0.1) is 41.4 Å². The van der Waals surface area contributed by atoms with Crippen LogP contribution >= 0.6 is 0 Å². The van der Waals surface area contributed by atoms with Gasteiger partial charge in [-0.1, -0.05) is 103 Å². The van der Waals surface area contributed by atoms with Gasteiger partial charge >= 0.3 is 17.9 Å². The fourth-order valence-corrected chi connectivity index (χ4v) is 10.2. The lowest BCUT2D eigenvalue weighted by molar-refractivity contribution is -0.144. The van der Waals surface area contributed by atoms with Crippen molar-refractivity contribution in [1.82, 2.24) is 79.1 Å². The number of aromatic amines is 1. The average molecular weight is 1450 g/mol. The van der Waals surface area contributed by atoms with Gasteiger partial charge in [-0.3, -0.25) is 71.9 Å². The zero-order valence-electron chi connectivity index (χ0n) is 61.7. The Bertz CT molecular complexity index is 2990. The van der Waals surface area contributed by atoms with Crippen LogP contribution in [-0.4, -0.2) is 206 Å². The number of hydrogen-bond acceptors (Lipinski definition) is 18. The first-order valence-electron chi connectivity index (χ1n) is 34.7. The molecule has 0 saturated carbocycles. The molecule has 0 saturated heterocycles. The topological polar surface area (TPSA) is 545 Å². The summed E-state index contributed by atoms with van der Waals surface area (Å²) >= 11 is 0. The second kappa shape index (κ2) is 45.5. The molecular formula is C67H114N16O19. The van der Waals surface area contributed by atoms with E-state index >= 15 is 0 Å². The molecule has 1 aromatic rings. The van der Waals surface area contributed by atoms with Gasteiger partial charge in [0, 0.05) is 31.2 Å². The molecule has 35 heteroatoms. The van der Waals surface area contributed by atoms with Gasteiger partial charge in [-0.15, -0.1) is 0 Å². The Morgan fingerprint density at radius 2 is 0.745 bits per heavy atom. The Morgan fingerprint density at radius 1 is 0.402 bits per heavy atom. The number of hydrogen-bond donors (Lipinski definition) is 18. The van der Waals surface area contributed by atoms with E-state index in [0.717, 1.165) is 0 Å². The van der Waals surface area contributed by atoms with Crippen molar-refractivity contribution in [3.05, 3.63) is 18.2 Å². The normalized spacial score (nSPS) is 15.2. The number of rotatable bonds is 48. The summed E-state index contributed by atoms with van der Waals surface area (Å²) < 4.78 is 0. The summed E-state index contributed by atoms with van der Waals surface area (Å²) in [7, 11) is 0. The SMILES string of the molecule is CC[C@H](C)[C@H](NC(=O)CNC(=O)CNC(=O)[C@H](C)NC(=O)[C@H](C)N)C(=O)N[C@@H](CC(C)C)C(=O)N[C@@H](Cc1cnc[nH]1)C(=O)N[C@@H](CC(C)C)C(=O)N[C@@H](CCC(=O)O)C(=O)N[C@@H](CC(C)C)C(=O)N[C@@H](CCC(=O)O)C(=O)N[C@@H](CC(C)C)C(=O)N[C@@H](CC(C)C)C(=O)N[C@H](C(=O)O)C(C)C. The molecule has 0 unspecified atom stereocenters. The summed E-state index contributed by atoms with van der Waals surface area (Å²) in [6, 6.07) is -16.4. The second-order valence-electron chi connectivity index (χ2n) is 28.3. The van der Waals surface area contributed by atoms with Crippen molar-refractivity contribution in [2.24, 2.45) is 47.2 Å². The summed E-state index contributed by atoms with van der Waals surface area (Å²) in [5.41, 5.74) is 5.87. The summed E-state index contributed by atoms with van der Waals surface area (Å²) in [5, 5.41) is 62.2. The summed E-state index contributed by atoms with van der Waals surface area (Å²) in [4.78, 5) is 222. The maximum atomic E-state index is 14.6. The molecule has 13 atom stereocenters. The molecule has 19 N–H and O–H groups in total. The molecule has 0 radical (unpaired) electrons. The molecule has 13 amide bonds. The van der Waals surface area contributed by atoms with E-state index in [1.807, 2.05) is 0 Å². The number of imidazole rings is 1. The van der Waals surface area contributed by atoms with Crippen LogP contribution in [0.1, 0.15) is 181 Å². The largest absolute Gasteiger partial charge is 0.481 e. The number of nitrogens with zero attached hydrogens (tertiary/aromatic N) is 1. The van der Waals surface area contributed by atoms with E-state index in [2.05, 4.69) is 79.1 Å². The Kier molecular flexibility index (Phi) is 40.5. The monoisotopic (exact) mass is 1450 g/mol. The van der Waals surface area contributed by atoms with Gasteiger partial charge in [0.25, 0.3) is 0 Å². The van der Waals surface area contributed by atoms with Crippen molar-refractivity contribution in [1.29, 1.82) is 0 Å². The smallest absolute Gasteiger partial charge is 0.326 e. The lowest BCUT2D eigenvalue weighted by atomic mass is 9.96. The molecule has 102 heavy (non-hydrogen) atoms. The molecule has 1 heterocycles. The number of aliphatic carboxylic acids is 3. The second-order valence-corrected chi connectivity index (χ2v) is 28.3. The van der Waals surface area contributed by atoms with Crippen LogP contribution in [0.5, 0.6) is 0 Å². The van der Waals surface area contributed by atoms with Crippen LogP contribution < -0.4 is 74.9 Å². The number of carboxylic acid groups (broad SMARTS) is 3. The van der Waals surface area contributed by atoms with Crippen LogP contribution in [-0.2, 0) is 83.1 Å². The van der Waals surface area contributed by atoms with Crippen LogP contribution in [0.2, 0.25) is 0 Å². The highest BCUT2D eigenvalue weighted by Gasteiger charge is 2.38. The number of carboxylic acids is 3. The van der Waals surface area contributed by atoms with Gasteiger partial charge in [0.1, 0.15) is 66.5 Å². The first kappa shape index (κ1) is 90.7. The zero-order valence-corrected chi connectivity index (χ0v) is 61.7. The minimum atomic E-state index is -1.72. The van der Waals surface area contributed by atoms with Gasteiger partial charge < -0.3 is 95.2 Å². The number of carbonyl (C=O) groups is 16. The fourth-order valence-electron chi connectivity index (χ4n) is 10.2. The summed E-state index contributed by atoms with van der Waals surface area (Å²) in [5.74, 6) is -17.8. The van der Waals surface area contributed by atoms with E-state index < -0.39 is 218 Å². The number of nitrogens with one attached hydrogen (secondary N) is 14. The van der Waals surface area contributed by atoms with Crippen molar-refractivity contribution < 1.29 is 92.0 Å². The minimum absolute atomic E-state index is 0.00628. The van der Waals surface area contributed by atoms with Gasteiger partial charge in [-0.25, -0.2) is 9.78 Å². The van der Waals surface area contributed by atoms with E-state index in [9.17, 15) is 92.0 Å². The highest BCUT2D eigenvalue weighted by atomic mass is 16.4. The first-order valence-corrected chi connectivity index (χ1v) is 34.7. The van der Waals surface area contributed by atoms with Crippen molar-refractivity contribution in [3.63, 3.8) is 0 Å². The molecule has 0 aromatic carbocycles. The van der Waals surface area contributed by atoms with Gasteiger partial charge in [0.15, 0.2) is 0 Å². The van der Waals surface area contributed by atoms with E-state index in [-0.39, 0.29) is 68.1 Å². The van der Waals surface area contributed by atoms with Gasteiger partial charge in [0.2, 0.25) is 76.8 Å². The molecule has 0 bridgehead atoms. The van der Waals surface area contributed by atoms with E-state index in [4.69, 9.17) is 5.73 Å². The van der Waals surface area contributed by atoms with E-state index in [0.29, 0.717) is 12.1 Å². The molecule has 0 aliphatic heterocycles. The Balaban J connectivity index is 3.62. The third-order valence-corrected chi connectivity index (χ3v) is 15.9. The van der Waals surface area contributed by atoms with Crippen molar-refractivity contribution in [2.45, 2.75) is 254 Å². The molecule has 0 aliphatic rings. The minimum Gasteiger partial charge on any atom is -0.481 e. The maximum Gasteiger partial charge on any atom is 0.326 e. The standard InChI is InChI=1S/C67H114N16O19/c1-17-38(14)55(82-51(85)30-70-50(84)29-71-57(91)40(16)73-56(90)39(15)68)66(100)81-47(25-35(8)9)63(97)80-49(27-41-28-69-31-72-41)64(98)78-45(23-33(4)5)61(95)75-42(18-20-52(86)87)58(92)76-44(22-32(2)3)60(94)74-43(19-21-53(88)89)59(93)77-46(24-34(6)7)62(96)79-48(26-36(10)11)65(99)83-54(37(12)13)67(101)102/h28,31-40,42-49,54-55H,17-27,29-30,68H2,1-16H3,(H,69,72)(H,70,84)(H,71,91)(H,73,90)(H,74,94)(H,75,95)(H,76,92)(H,77,93)(H,78,98)(H,79,96)(H,80,97)(H,81,100)(H,82,85)(H,83,99)(H,86,87)(H,88,89)(H,101,102)/t38-,39-,40-,42-,43-,44-,45-,46-,47-,48-,49-,54-,55-/m0/s1. The van der Waals surface area contributed by atoms with Crippen LogP contribution in [0.3, 0.4) is 0 Å². The van der Waals surface area contributed by atoms with Crippen LogP contribution in [0.4, 0.5) is 0 Å². The molecule has 0 fully saturated rings. The summed E-state index contributed by atoms with van der Waals surface area (Å²) in [6.45, 7) is 25.5. The Labute approximate surface area is 596 Å². The van der Waals surface area contributed by atoms with Crippen molar-refractivity contribution >= 4 is 94.7 Å². The molecule has 35 nitrogen and oxygen atoms in total. The molecule has 0 aliphatic carbocycles. The maximum absolute atomic E-state index is 14.6. The molecular weight excluding hydrogens is 1330 g/mol. The van der Waals surface area contributed by atoms with E-state index in [1.165, 1.54) is 26.4 Å². The van der Waals surface area contributed by atoms with Crippen LogP contribution in [0.25, 0.3) is 0 Å². The lowest BCUT2D eigenvalue weighted by Gasteiger charge is -2.29. The average Bonchev–Trinajstić information content (AvgIpc) is 1.05. The number of nitrogens with two attached hydrogens (primary N) is 1. The zero-order chi connectivity index (χ0) is 78.0. The predicted octanol–water partition coefficient (Wildman–Crippen LogP) is -1.37. The third-order valence-electron chi connectivity index (χ3n) is 15.9. The number of H-pyrrole nitrogens is 1. The highest BCUT2D eigenvalue weighted by molar-refractivity contribution is 6.00. The highest BCUT2D eigenvalue weighted by Crippen LogP contribution is 2.17. The fraction of sp³-hybridized carbons (Fsp3) is 0.716. The first-order chi connectivity index (χ1) is 47.5. The van der Waals surface area contributed by atoms with Gasteiger partial charge in [-0.2, -0.15) is 0 Å². The van der Waals surface area contributed by atoms with Crippen molar-refractivity contribution in [2.75, 3.05) is 13.1 Å². The van der Waals surface area contributed by atoms with Crippen LogP contribution in [0.15, 0.2) is 12.5 Å². The molecule has 1 rings (SSSR count). The third kappa shape index (κ3) is 35.3. The van der Waals surface area contributed by atoms with Gasteiger partial charge in [0.05, 0.1) is 25.5 Å². The number of aromatic nitrogens is 2. The Hall–Kier alpha value is -9.31. The predicted molar refractivity (Wildman–Crippen MR) is 372 cm³/mol. The molecule has 1 aromatic heterocycles. The summed E-state index contributed by atoms with van der Waals surface area (Å²) in [6.07, 6.45) is 0.121. The van der Waals surface area contributed by atoms with Crippen molar-refractivity contribution in [3.8, 4) is 0 Å². The van der Waals surface area contributed by atoms with E-state index in [1.54, 1.807) is 96.9 Å². The van der Waals surface area contributed by atoms with Gasteiger partial charge in [-0.05, 0) is 100 Å².